The van der Waals surface area contributed by atoms with E-state index in [1.807, 2.05) is 26.0 Å². The monoisotopic (exact) mass is 321 g/mol. The van der Waals surface area contributed by atoms with E-state index in [9.17, 15) is 13.2 Å². The van der Waals surface area contributed by atoms with Gasteiger partial charge >= 0.3 is 0 Å². The van der Waals surface area contributed by atoms with Crippen LogP contribution in [0.1, 0.15) is 23.1 Å². The molecule has 1 fully saturated rings. The van der Waals surface area contributed by atoms with E-state index in [-0.39, 0.29) is 29.9 Å². The van der Waals surface area contributed by atoms with Crippen LogP contribution in [0.2, 0.25) is 0 Å². The summed E-state index contributed by atoms with van der Waals surface area (Å²) in [5, 5.41) is 3.75. The summed E-state index contributed by atoms with van der Waals surface area (Å²) in [6.07, 6.45) is 2.30. The van der Waals surface area contributed by atoms with E-state index in [1.165, 1.54) is 0 Å². The average Bonchev–Trinajstić information content (AvgIpc) is 2.95. The summed E-state index contributed by atoms with van der Waals surface area (Å²) >= 11 is 0. The standard InChI is InChI=1S/C16H19NO4S/c1-10-5-14-12(8-21-15(14)6-11(10)2)7-16(18)17-13-3-4-22(19,20)9-13/h5-6,8,13H,3-4,7,9H2,1-2H3,(H,17,18). The average molecular weight is 321 g/mol. The van der Waals surface area contributed by atoms with Crippen LogP contribution in [0.15, 0.2) is 22.8 Å². The molecule has 1 aromatic carbocycles. The number of aryl methyl sites for hydroxylation is 2. The summed E-state index contributed by atoms with van der Waals surface area (Å²) in [6.45, 7) is 4.04. The molecule has 2 heterocycles. The predicted octanol–water partition coefficient (Wildman–Crippen LogP) is 1.90. The molecule has 1 amide bonds. The van der Waals surface area contributed by atoms with Gasteiger partial charge in [-0.15, -0.1) is 0 Å². The minimum atomic E-state index is -2.98. The first-order chi connectivity index (χ1) is 10.3. The van der Waals surface area contributed by atoms with Crippen molar-refractivity contribution in [3.05, 3.63) is 35.1 Å². The second-order valence-electron chi connectivity index (χ2n) is 6.04. The first-order valence-corrected chi connectivity index (χ1v) is 9.13. The number of carbonyl (C=O) groups excluding carboxylic acids is 1. The first-order valence-electron chi connectivity index (χ1n) is 7.31. The van der Waals surface area contributed by atoms with Crippen LogP contribution in [0, 0.1) is 13.8 Å². The molecule has 1 aliphatic rings. The van der Waals surface area contributed by atoms with Crippen molar-refractivity contribution in [2.45, 2.75) is 32.7 Å². The Morgan fingerprint density at radius 1 is 1.32 bits per heavy atom. The van der Waals surface area contributed by atoms with Crippen LogP contribution < -0.4 is 5.32 Å². The maximum atomic E-state index is 12.1. The van der Waals surface area contributed by atoms with Gasteiger partial charge in [0.25, 0.3) is 0 Å². The number of sulfone groups is 1. The quantitative estimate of drug-likeness (QED) is 0.936. The smallest absolute Gasteiger partial charge is 0.224 e. The third kappa shape index (κ3) is 3.02. The topological polar surface area (TPSA) is 76.4 Å². The number of hydrogen-bond donors (Lipinski definition) is 1. The van der Waals surface area contributed by atoms with Gasteiger partial charge in [-0.3, -0.25) is 4.79 Å². The van der Waals surface area contributed by atoms with E-state index in [4.69, 9.17) is 4.42 Å². The summed E-state index contributed by atoms with van der Waals surface area (Å²) in [4.78, 5) is 12.1. The van der Waals surface area contributed by atoms with Gasteiger partial charge in [-0.1, -0.05) is 0 Å². The number of fused-ring (bicyclic) bond motifs is 1. The molecule has 6 heteroatoms. The summed E-state index contributed by atoms with van der Waals surface area (Å²) in [7, 11) is -2.98. The zero-order valence-electron chi connectivity index (χ0n) is 12.7. The lowest BCUT2D eigenvalue weighted by Crippen LogP contribution is -2.36. The molecule has 1 unspecified atom stereocenters. The van der Waals surface area contributed by atoms with Gasteiger partial charge in [-0.05, 0) is 43.5 Å². The van der Waals surface area contributed by atoms with Crippen LogP contribution in [-0.4, -0.2) is 31.9 Å². The van der Waals surface area contributed by atoms with Gasteiger partial charge in [0, 0.05) is 17.0 Å². The number of furan rings is 1. The molecule has 1 saturated heterocycles. The lowest BCUT2D eigenvalue weighted by molar-refractivity contribution is -0.120. The van der Waals surface area contributed by atoms with Crippen molar-refractivity contribution < 1.29 is 17.6 Å². The Balaban J connectivity index is 1.73. The number of carbonyl (C=O) groups is 1. The molecular weight excluding hydrogens is 302 g/mol. The van der Waals surface area contributed by atoms with Crippen molar-refractivity contribution in [3.8, 4) is 0 Å². The van der Waals surface area contributed by atoms with Crippen molar-refractivity contribution in [3.63, 3.8) is 0 Å². The number of rotatable bonds is 3. The molecule has 0 bridgehead atoms. The van der Waals surface area contributed by atoms with Gasteiger partial charge < -0.3 is 9.73 Å². The minimum Gasteiger partial charge on any atom is -0.464 e. The summed E-state index contributed by atoms with van der Waals surface area (Å²) < 4.78 is 28.3. The van der Waals surface area contributed by atoms with E-state index >= 15 is 0 Å². The van der Waals surface area contributed by atoms with E-state index in [2.05, 4.69) is 5.32 Å². The maximum Gasteiger partial charge on any atom is 0.224 e. The van der Waals surface area contributed by atoms with Crippen molar-refractivity contribution in [2.24, 2.45) is 0 Å². The van der Waals surface area contributed by atoms with Gasteiger partial charge in [-0.2, -0.15) is 0 Å². The van der Waals surface area contributed by atoms with Gasteiger partial charge in [0.05, 0.1) is 24.2 Å². The first kappa shape index (κ1) is 15.1. The van der Waals surface area contributed by atoms with Crippen molar-refractivity contribution in [2.75, 3.05) is 11.5 Å². The number of hydrogen-bond acceptors (Lipinski definition) is 4. The van der Waals surface area contributed by atoms with Gasteiger partial charge in [0.15, 0.2) is 9.84 Å². The normalized spacial score (nSPS) is 20.4. The Bertz CT molecular complexity index is 835. The number of benzene rings is 1. The fraction of sp³-hybridized carbons (Fsp3) is 0.438. The Morgan fingerprint density at radius 2 is 2.05 bits per heavy atom. The zero-order valence-corrected chi connectivity index (χ0v) is 13.5. The van der Waals surface area contributed by atoms with Gasteiger partial charge in [0.2, 0.25) is 5.91 Å². The fourth-order valence-corrected chi connectivity index (χ4v) is 4.51. The largest absolute Gasteiger partial charge is 0.464 e. The molecule has 118 valence electrons. The second-order valence-corrected chi connectivity index (χ2v) is 8.27. The van der Waals surface area contributed by atoms with E-state index < -0.39 is 9.84 Å². The molecule has 0 spiro atoms. The van der Waals surface area contributed by atoms with Crippen LogP contribution in [0.3, 0.4) is 0 Å². The highest BCUT2D eigenvalue weighted by molar-refractivity contribution is 7.91. The summed E-state index contributed by atoms with van der Waals surface area (Å²) in [6, 6.07) is 3.73. The molecular formula is C16H19NO4S. The third-order valence-electron chi connectivity index (χ3n) is 4.22. The van der Waals surface area contributed by atoms with Crippen molar-refractivity contribution in [1.82, 2.24) is 5.32 Å². The molecule has 1 N–H and O–H groups in total. The molecule has 0 radical (unpaired) electrons. The molecule has 5 nitrogen and oxygen atoms in total. The third-order valence-corrected chi connectivity index (χ3v) is 5.99. The van der Waals surface area contributed by atoms with Crippen LogP contribution in [0.4, 0.5) is 0 Å². The van der Waals surface area contributed by atoms with E-state index in [0.29, 0.717) is 6.42 Å². The highest BCUT2D eigenvalue weighted by Crippen LogP contribution is 2.25. The van der Waals surface area contributed by atoms with Gasteiger partial charge in [0.1, 0.15) is 5.58 Å². The molecule has 1 aromatic heterocycles. The number of nitrogens with one attached hydrogen (secondary N) is 1. The van der Waals surface area contributed by atoms with Crippen LogP contribution in [0.5, 0.6) is 0 Å². The van der Waals surface area contributed by atoms with Crippen molar-refractivity contribution >= 4 is 26.7 Å². The van der Waals surface area contributed by atoms with Crippen molar-refractivity contribution in [1.29, 1.82) is 0 Å². The molecule has 1 aliphatic heterocycles. The highest BCUT2D eigenvalue weighted by Gasteiger charge is 2.29. The Kier molecular flexibility index (Phi) is 3.72. The van der Waals surface area contributed by atoms with E-state index in [0.717, 1.165) is 27.7 Å². The Labute approximate surface area is 129 Å². The van der Waals surface area contributed by atoms with E-state index in [1.54, 1.807) is 6.26 Å². The summed E-state index contributed by atoms with van der Waals surface area (Å²) in [5.74, 6) is 0.0388. The molecule has 22 heavy (non-hydrogen) atoms. The maximum absolute atomic E-state index is 12.1. The molecule has 0 aliphatic carbocycles. The minimum absolute atomic E-state index is 0.0448. The zero-order chi connectivity index (χ0) is 15.9. The van der Waals surface area contributed by atoms with Crippen LogP contribution >= 0.6 is 0 Å². The molecule has 3 rings (SSSR count). The lowest BCUT2D eigenvalue weighted by Gasteiger charge is -2.10. The van der Waals surface area contributed by atoms with Crippen LogP contribution in [0.25, 0.3) is 11.0 Å². The molecule has 2 aromatic rings. The lowest BCUT2D eigenvalue weighted by atomic mass is 10.0. The Morgan fingerprint density at radius 3 is 2.73 bits per heavy atom. The Hall–Kier alpha value is -1.82. The fourth-order valence-electron chi connectivity index (χ4n) is 2.83. The molecule has 0 saturated carbocycles. The highest BCUT2D eigenvalue weighted by atomic mass is 32.2. The SMILES string of the molecule is Cc1cc2occ(CC(=O)NC3CCS(=O)(=O)C3)c2cc1C. The second kappa shape index (κ2) is 5.43. The molecule has 1 atom stereocenters. The van der Waals surface area contributed by atoms with Gasteiger partial charge in [-0.25, -0.2) is 8.42 Å². The predicted molar refractivity (Wildman–Crippen MR) is 84.6 cm³/mol. The van der Waals surface area contributed by atoms with Crippen LogP contribution in [-0.2, 0) is 21.1 Å². The summed E-state index contributed by atoms with van der Waals surface area (Å²) in [5.41, 5.74) is 3.90. The number of amides is 1.